The van der Waals surface area contributed by atoms with Gasteiger partial charge < -0.3 is 19.7 Å². The van der Waals surface area contributed by atoms with Gasteiger partial charge in [0.2, 0.25) is 0 Å². The topological polar surface area (TPSA) is 36.3 Å². The van der Waals surface area contributed by atoms with Crippen LogP contribution in [0.25, 0.3) is 5.69 Å². The normalized spacial score (nSPS) is 18.4. The number of nitrogens with one attached hydrogen (secondary N) is 1. The lowest BCUT2D eigenvalue weighted by atomic mass is 9.96. The molecule has 0 aliphatic carbocycles. The molecule has 168 valence electrons. The van der Waals surface area contributed by atoms with Gasteiger partial charge >= 0.3 is 0 Å². The van der Waals surface area contributed by atoms with E-state index in [-0.39, 0.29) is 17.9 Å². The summed E-state index contributed by atoms with van der Waals surface area (Å²) in [6, 6.07) is 14.9. The van der Waals surface area contributed by atoms with Crippen molar-refractivity contribution < 1.29 is 4.39 Å². The van der Waals surface area contributed by atoms with Gasteiger partial charge in [-0.1, -0.05) is 18.2 Å². The van der Waals surface area contributed by atoms with Gasteiger partial charge in [-0.05, 0) is 89.0 Å². The van der Waals surface area contributed by atoms with Gasteiger partial charge in [-0.3, -0.25) is 4.98 Å². The first-order chi connectivity index (χ1) is 15.4. The quantitative estimate of drug-likeness (QED) is 0.533. The number of hydrogen-bond donors (Lipinski definition) is 1. The average molecular weight is 452 g/mol. The van der Waals surface area contributed by atoms with Gasteiger partial charge in [0, 0.05) is 24.1 Å². The molecule has 7 heteroatoms. The summed E-state index contributed by atoms with van der Waals surface area (Å²) in [5, 5.41) is 4.25. The maximum absolute atomic E-state index is 14.7. The van der Waals surface area contributed by atoms with Gasteiger partial charge in [0.05, 0.1) is 23.5 Å². The molecule has 1 N–H and O–H groups in total. The number of benzene rings is 1. The molecule has 5 nitrogen and oxygen atoms in total. The van der Waals surface area contributed by atoms with Crippen LogP contribution in [-0.4, -0.2) is 51.6 Å². The molecule has 0 saturated carbocycles. The minimum atomic E-state index is -0.231. The standard InChI is InChI=1S/C25H30FN5S/c1-17-16-19(18(2)31(17)22-12-6-5-10-20(22)26)24-23(21-11-7-8-13-27-21)28-25(32)30(24)15-9-14-29(3)4/h5-8,10-13,16,23-24H,9,14-15H2,1-4H3,(H,28,32)/t23-,24-/m1/s1. The molecule has 3 heterocycles. The van der Waals surface area contributed by atoms with E-state index in [2.05, 4.69) is 47.2 Å². The fourth-order valence-electron chi connectivity index (χ4n) is 4.63. The summed E-state index contributed by atoms with van der Waals surface area (Å²) in [6.45, 7) is 5.90. The van der Waals surface area contributed by atoms with E-state index in [1.165, 1.54) is 6.07 Å². The zero-order valence-electron chi connectivity index (χ0n) is 19.0. The Hall–Kier alpha value is -2.77. The van der Waals surface area contributed by atoms with E-state index in [1.807, 2.05) is 48.0 Å². The molecule has 3 aromatic rings. The molecule has 1 saturated heterocycles. The van der Waals surface area contributed by atoms with Crippen LogP contribution < -0.4 is 5.32 Å². The molecular formula is C25H30FN5S. The van der Waals surface area contributed by atoms with E-state index >= 15 is 0 Å². The molecule has 0 bridgehead atoms. The Morgan fingerprint density at radius 1 is 1.12 bits per heavy atom. The second-order valence-electron chi connectivity index (χ2n) is 8.59. The van der Waals surface area contributed by atoms with Crippen LogP contribution >= 0.6 is 12.2 Å². The van der Waals surface area contributed by atoms with Crippen molar-refractivity contribution in [2.75, 3.05) is 27.2 Å². The Morgan fingerprint density at radius 3 is 2.56 bits per heavy atom. The van der Waals surface area contributed by atoms with Gasteiger partial charge in [0.1, 0.15) is 5.82 Å². The molecule has 0 spiro atoms. The first-order valence-electron chi connectivity index (χ1n) is 10.9. The summed E-state index contributed by atoms with van der Waals surface area (Å²) in [7, 11) is 4.16. The van der Waals surface area contributed by atoms with Crippen LogP contribution in [0.4, 0.5) is 4.39 Å². The third kappa shape index (κ3) is 4.27. The summed E-state index contributed by atoms with van der Waals surface area (Å²) in [4.78, 5) is 9.07. The van der Waals surface area contributed by atoms with Crippen molar-refractivity contribution in [2.45, 2.75) is 32.4 Å². The molecule has 0 unspecified atom stereocenters. The zero-order chi connectivity index (χ0) is 22.8. The first kappa shape index (κ1) is 22.4. The highest BCUT2D eigenvalue weighted by molar-refractivity contribution is 7.80. The largest absolute Gasteiger partial charge is 0.352 e. The molecule has 0 amide bonds. The maximum atomic E-state index is 14.7. The van der Waals surface area contributed by atoms with Crippen molar-refractivity contribution in [3.8, 4) is 5.69 Å². The average Bonchev–Trinajstić information content (AvgIpc) is 3.24. The third-order valence-electron chi connectivity index (χ3n) is 6.08. The van der Waals surface area contributed by atoms with E-state index in [0.717, 1.165) is 47.3 Å². The highest BCUT2D eigenvalue weighted by Crippen LogP contribution is 2.41. The second-order valence-corrected chi connectivity index (χ2v) is 8.98. The van der Waals surface area contributed by atoms with Gasteiger partial charge in [0.25, 0.3) is 0 Å². The monoisotopic (exact) mass is 451 g/mol. The Balaban J connectivity index is 1.78. The lowest BCUT2D eigenvalue weighted by Crippen LogP contribution is -2.32. The van der Waals surface area contributed by atoms with Crippen LogP contribution in [0.3, 0.4) is 0 Å². The Labute approximate surface area is 194 Å². The lowest BCUT2D eigenvalue weighted by molar-refractivity contribution is 0.292. The summed E-state index contributed by atoms with van der Waals surface area (Å²) in [5.74, 6) is -0.231. The SMILES string of the molecule is Cc1cc([C@@H]2[C@@H](c3ccccn3)NC(=S)N2CCCN(C)C)c(C)n1-c1ccccc1F. The molecule has 1 aromatic carbocycles. The number of aryl methyl sites for hydroxylation is 1. The number of rotatable bonds is 7. The Bertz CT molecular complexity index is 1090. The summed E-state index contributed by atoms with van der Waals surface area (Å²) >= 11 is 5.78. The van der Waals surface area contributed by atoms with Crippen molar-refractivity contribution in [3.05, 3.63) is 83.2 Å². The number of aromatic nitrogens is 2. The molecular weight excluding hydrogens is 421 g/mol. The maximum Gasteiger partial charge on any atom is 0.170 e. The molecule has 1 aliphatic rings. The molecule has 32 heavy (non-hydrogen) atoms. The number of hydrogen-bond acceptors (Lipinski definition) is 3. The lowest BCUT2D eigenvalue weighted by Gasteiger charge is -2.28. The van der Waals surface area contributed by atoms with Crippen LogP contribution in [0.5, 0.6) is 0 Å². The van der Waals surface area contributed by atoms with Gasteiger partial charge in [0.15, 0.2) is 5.11 Å². The highest BCUT2D eigenvalue weighted by Gasteiger charge is 2.41. The van der Waals surface area contributed by atoms with E-state index in [4.69, 9.17) is 12.2 Å². The number of para-hydroxylation sites is 1. The second kappa shape index (κ2) is 9.38. The van der Waals surface area contributed by atoms with Gasteiger partial charge in [-0.2, -0.15) is 0 Å². The third-order valence-corrected chi connectivity index (χ3v) is 6.44. The minimum absolute atomic E-state index is 0.0220. The van der Waals surface area contributed by atoms with E-state index in [9.17, 15) is 4.39 Å². The van der Waals surface area contributed by atoms with Crippen LogP contribution in [0.15, 0.2) is 54.7 Å². The number of nitrogens with zero attached hydrogens (tertiary/aromatic N) is 4. The summed E-state index contributed by atoms with van der Waals surface area (Å²) in [5.41, 5.74) is 4.66. The summed E-state index contributed by atoms with van der Waals surface area (Å²) in [6.07, 6.45) is 2.81. The number of thiocarbonyl (C=S) groups is 1. The highest BCUT2D eigenvalue weighted by atomic mass is 32.1. The zero-order valence-corrected chi connectivity index (χ0v) is 19.9. The van der Waals surface area contributed by atoms with Crippen molar-refractivity contribution in [1.29, 1.82) is 0 Å². The first-order valence-corrected chi connectivity index (χ1v) is 11.4. The van der Waals surface area contributed by atoms with Crippen LogP contribution in [0, 0.1) is 19.7 Å². The Morgan fingerprint density at radius 2 is 1.88 bits per heavy atom. The van der Waals surface area contributed by atoms with Gasteiger partial charge in [-0.15, -0.1) is 0 Å². The summed E-state index contributed by atoms with van der Waals surface area (Å²) < 4.78 is 16.7. The van der Waals surface area contributed by atoms with Crippen LogP contribution in [-0.2, 0) is 0 Å². The van der Waals surface area contributed by atoms with Crippen molar-refractivity contribution in [3.63, 3.8) is 0 Å². The fourth-order valence-corrected chi connectivity index (χ4v) is 4.96. The molecule has 1 fully saturated rings. The smallest absolute Gasteiger partial charge is 0.170 e. The number of pyridine rings is 1. The number of halogens is 1. The predicted octanol–water partition coefficient (Wildman–Crippen LogP) is 4.55. The molecule has 2 atom stereocenters. The van der Waals surface area contributed by atoms with E-state index < -0.39 is 0 Å². The predicted molar refractivity (Wildman–Crippen MR) is 131 cm³/mol. The van der Waals surface area contributed by atoms with Crippen molar-refractivity contribution in [1.82, 2.24) is 24.7 Å². The van der Waals surface area contributed by atoms with Crippen molar-refractivity contribution >= 4 is 17.3 Å². The fraction of sp³-hybridized carbons (Fsp3) is 0.360. The molecule has 1 aliphatic heterocycles. The minimum Gasteiger partial charge on any atom is -0.352 e. The molecule has 0 radical (unpaired) electrons. The van der Waals surface area contributed by atoms with Crippen LogP contribution in [0.1, 0.15) is 41.1 Å². The molecule has 2 aromatic heterocycles. The van der Waals surface area contributed by atoms with E-state index in [1.54, 1.807) is 6.07 Å². The van der Waals surface area contributed by atoms with E-state index in [0.29, 0.717) is 5.69 Å². The van der Waals surface area contributed by atoms with Gasteiger partial charge in [-0.25, -0.2) is 4.39 Å². The molecule has 4 rings (SSSR count). The van der Waals surface area contributed by atoms with Crippen LogP contribution in [0.2, 0.25) is 0 Å². The van der Waals surface area contributed by atoms with Crippen molar-refractivity contribution in [2.24, 2.45) is 0 Å². The Kier molecular flexibility index (Phi) is 6.58.